The van der Waals surface area contributed by atoms with Gasteiger partial charge in [0.05, 0.1) is 13.1 Å². The van der Waals surface area contributed by atoms with Crippen molar-refractivity contribution >= 4 is 17.7 Å². The summed E-state index contributed by atoms with van der Waals surface area (Å²) in [5.41, 5.74) is 3.09. The van der Waals surface area contributed by atoms with E-state index in [0.717, 1.165) is 16.8 Å². The van der Waals surface area contributed by atoms with E-state index in [1.807, 2.05) is 61.5 Å². The van der Waals surface area contributed by atoms with Crippen molar-refractivity contribution < 1.29 is 14.3 Å². The zero-order valence-corrected chi connectivity index (χ0v) is 14.3. The number of ether oxygens (including phenoxy) is 1. The Morgan fingerprint density at radius 2 is 1.88 bits per heavy atom. The van der Waals surface area contributed by atoms with Crippen molar-refractivity contribution in [3.8, 4) is 0 Å². The zero-order chi connectivity index (χ0) is 17.6. The quantitative estimate of drug-likeness (QED) is 0.881. The molecule has 2 aromatic rings. The largest absolute Gasteiger partial charge is 0.442 e. The molecule has 1 heterocycles. The summed E-state index contributed by atoms with van der Waals surface area (Å²) in [5.74, 6) is -0.0336. The van der Waals surface area contributed by atoms with Gasteiger partial charge in [-0.25, -0.2) is 4.79 Å². The summed E-state index contributed by atoms with van der Waals surface area (Å²) in [6.07, 6.45) is 0.431. The number of cyclic esters (lactones) is 1. The minimum Gasteiger partial charge on any atom is -0.442 e. The first-order valence-corrected chi connectivity index (χ1v) is 8.47. The van der Waals surface area contributed by atoms with Gasteiger partial charge in [0, 0.05) is 12.1 Å². The molecule has 1 aliphatic rings. The Bertz CT molecular complexity index is 728. The van der Waals surface area contributed by atoms with E-state index in [4.69, 9.17) is 4.74 Å². The molecular weight excluding hydrogens is 316 g/mol. The molecule has 25 heavy (non-hydrogen) atoms. The van der Waals surface area contributed by atoms with Crippen LogP contribution < -0.4 is 10.2 Å². The molecule has 5 heteroatoms. The predicted molar refractivity (Wildman–Crippen MR) is 96.6 cm³/mol. The molecule has 1 saturated heterocycles. The van der Waals surface area contributed by atoms with Crippen LogP contribution in [0.3, 0.4) is 0 Å². The highest BCUT2D eigenvalue weighted by molar-refractivity contribution is 5.89. The Kier molecular flexibility index (Phi) is 5.33. The summed E-state index contributed by atoms with van der Waals surface area (Å²) in [4.78, 5) is 25.6. The van der Waals surface area contributed by atoms with Crippen molar-refractivity contribution in [1.82, 2.24) is 5.32 Å². The third-order valence-corrected chi connectivity index (χ3v) is 4.23. The van der Waals surface area contributed by atoms with E-state index < -0.39 is 0 Å². The van der Waals surface area contributed by atoms with Crippen LogP contribution in [0, 0.1) is 6.92 Å². The van der Waals surface area contributed by atoms with Gasteiger partial charge >= 0.3 is 6.09 Å². The highest BCUT2D eigenvalue weighted by Crippen LogP contribution is 2.21. The summed E-state index contributed by atoms with van der Waals surface area (Å²) in [6, 6.07) is 17.6. The van der Waals surface area contributed by atoms with Crippen LogP contribution in [0.5, 0.6) is 0 Å². The molecular formula is C20H22N2O3. The van der Waals surface area contributed by atoms with Crippen LogP contribution in [0.1, 0.15) is 17.5 Å². The standard InChI is InChI=1S/C20H22N2O3/c1-15-7-10-17(11-8-15)22-14-18(25-20(22)24)13-21-19(23)12-9-16-5-3-2-4-6-16/h2-8,10-11,18H,9,12-14H2,1H3,(H,21,23). The number of anilines is 1. The third-order valence-electron chi connectivity index (χ3n) is 4.23. The monoisotopic (exact) mass is 338 g/mol. The van der Waals surface area contributed by atoms with Crippen LogP contribution in [0.25, 0.3) is 0 Å². The van der Waals surface area contributed by atoms with Crippen molar-refractivity contribution in [3.63, 3.8) is 0 Å². The third kappa shape index (κ3) is 4.59. The van der Waals surface area contributed by atoms with Crippen molar-refractivity contribution in [3.05, 3.63) is 65.7 Å². The summed E-state index contributed by atoms with van der Waals surface area (Å²) < 4.78 is 5.34. The van der Waals surface area contributed by atoms with Crippen molar-refractivity contribution in [2.75, 3.05) is 18.0 Å². The highest BCUT2D eigenvalue weighted by Gasteiger charge is 2.32. The minimum absolute atomic E-state index is 0.0336. The van der Waals surface area contributed by atoms with Gasteiger partial charge < -0.3 is 10.1 Å². The number of hydrogen-bond donors (Lipinski definition) is 1. The maximum absolute atomic E-state index is 12.0. The number of benzene rings is 2. The van der Waals surface area contributed by atoms with Gasteiger partial charge in [0.25, 0.3) is 0 Å². The molecule has 0 spiro atoms. The molecule has 2 aromatic carbocycles. The maximum atomic E-state index is 12.0. The summed E-state index contributed by atoms with van der Waals surface area (Å²) in [5, 5.41) is 2.85. The van der Waals surface area contributed by atoms with Gasteiger partial charge in [0.2, 0.25) is 5.91 Å². The van der Waals surface area contributed by atoms with Gasteiger partial charge in [-0.1, -0.05) is 48.0 Å². The Morgan fingerprint density at radius 3 is 2.60 bits per heavy atom. The van der Waals surface area contributed by atoms with E-state index in [1.165, 1.54) is 0 Å². The zero-order valence-electron chi connectivity index (χ0n) is 14.3. The molecule has 0 aliphatic carbocycles. The molecule has 1 N–H and O–H groups in total. The molecule has 3 rings (SSSR count). The molecule has 0 radical (unpaired) electrons. The van der Waals surface area contributed by atoms with E-state index in [1.54, 1.807) is 4.90 Å². The molecule has 1 fully saturated rings. The van der Waals surface area contributed by atoms with E-state index in [0.29, 0.717) is 25.9 Å². The number of carbonyl (C=O) groups excluding carboxylic acids is 2. The summed E-state index contributed by atoms with van der Waals surface area (Å²) in [7, 11) is 0. The number of aryl methyl sites for hydroxylation is 2. The maximum Gasteiger partial charge on any atom is 0.414 e. The first-order chi connectivity index (χ1) is 12.1. The average molecular weight is 338 g/mol. The van der Waals surface area contributed by atoms with Crippen molar-refractivity contribution in [2.24, 2.45) is 0 Å². The highest BCUT2D eigenvalue weighted by atomic mass is 16.6. The van der Waals surface area contributed by atoms with Crippen LogP contribution in [0.15, 0.2) is 54.6 Å². The lowest BCUT2D eigenvalue weighted by Gasteiger charge is -2.13. The topological polar surface area (TPSA) is 58.6 Å². The smallest absolute Gasteiger partial charge is 0.414 e. The Morgan fingerprint density at radius 1 is 1.16 bits per heavy atom. The lowest BCUT2D eigenvalue weighted by atomic mass is 10.1. The molecule has 130 valence electrons. The first kappa shape index (κ1) is 17.0. The first-order valence-electron chi connectivity index (χ1n) is 8.47. The average Bonchev–Trinajstić information content (AvgIpc) is 3.00. The van der Waals surface area contributed by atoms with Crippen LogP contribution in [0.2, 0.25) is 0 Å². The van der Waals surface area contributed by atoms with Crippen molar-refractivity contribution in [2.45, 2.75) is 25.9 Å². The number of nitrogens with zero attached hydrogens (tertiary/aromatic N) is 1. The predicted octanol–water partition coefficient (Wildman–Crippen LogP) is 3.07. The van der Waals surface area contributed by atoms with Crippen LogP contribution in [-0.4, -0.2) is 31.2 Å². The summed E-state index contributed by atoms with van der Waals surface area (Å²) in [6.45, 7) is 2.78. The van der Waals surface area contributed by atoms with Crippen molar-refractivity contribution in [1.29, 1.82) is 0 Å². The Labute approximate surface area is 147 Å². The summed E-state index contributed by atoms with van der Waals surface area (Å²) >= 11 is 0. The molecule has 2 amide bonds. The van der Waals surface area contributed by atoms with Crippen LogP contribution in [0.4, 0.5) is 10.5 Å². The van der Waals surface area contributed by atoms with Gasteiger partial charge in [-0.05, 0) is 31.0 Å². The molecule has 5 nitrogen and oxygen atoms in total. The Balaban J connectivity index is 1.45. The van der Waals surface area contributed by atoms with E-state index in [-0.39, 0.29) is 18.1 Å². The second-order valence-electron chi connectivity index (χ2n) is 6.24. The van der Waals surface area contributed by atoms with Gasteiger partial charge in [-0.15, -0.1) is 0 Å². The second-order valence-corrected chi connectivity index (χ2v) is 6.24. The Hall–Kier alpha value is -2.82. The SMILES string of the molecule is Cc1ccc(N2CC(CNC(=O)CCc3ccccc3)OC2=O)cc1. The molecule has 1 aliphatic heterocycles. The molecule has 0 bridgehead atoms. The molecule has 1 unspecified atom stereocenters. The number of nitrogens with one attached hydrogen (secondary N) is 1. The van der Waals surface area contributed by atoms with Gasteiger partial charge in [0.1, 0.15) is 6.10 Å². The second kappa shape index (κ2) is 7.83. The number of rotatable bonds is 6. The fourth-order valence-corrected chi connectivity index (χ4v) is 2.78. The normalized spacial score (nSPS) is 16.6. The van der Waals surface area contributed by atoms with Gasteiger partial charge in [0.15, 0.2) is 0 Å². The van der Waals surface area contributed by atoms with Gasteiger partial charge in [-0.3, -0.25) is 9.69 Å². The van der Waals surface area contributed by atoms with E-state index in [2.05, 4.69) is 5.32 Å². The van der Waals surface area contributed by atoms with Crippen LogP contribution in [-0.2, 0) is 16.0 Å². The fourth-order valence-electron chi connectivity index (χ4n) is 2.78. The lowest BCUT2D eigenvalue weighted by Crippen LogP contribution is -2.34. The lowest BCUT2D eigenvalue weighted by molar-refractivity contribution is -0.121. The van der Waals surface area contributed by atoms with E-state index >= 15 is 0 Å². The molecule has 1 atom stereocenters. The molecule has 0 aromatic heterocycles. The fraction of sp³-hybridized carbons (Fsp3) is 0.300. The molecule has 0 saturated carbocycles. The van der Waals surface area contributed by atoms with E-state index in [9.17, 15) is 9.59 Å². The van der Waals surface area contributed by atoms with Crippen LogP contribution >= 0.6 is 0 Å². The minimum atomic E-state index is -0.368. The number of amides is 2. The number of carbonyl (C=O) groups is 2. The number of hydrogen-bond acceptors (Lipinski definition) is 3. The van der Waals surface area contributed by atoms with Gasteiger partial charge in [-0.2, -0.15) is 0 Å².